The molecule has 1 unspecified atom stereocenters. The van der Waals surface area contributed by atoms with Crippen LogP contribution in [0, 0.1) is 0 Å². The van der Waals surface area contributed by atoms with E-state index in [1.165, 1.54) is 0 Å². The fraction of sp³-hybridized carbons (Fsp3) is 1.00. The van der Waals surface area contributed by atoms with Gasteiger partial charge in [-0.15, -0.1) is 12.4 Å². The van der Waals surface area contributed by atoms with Crippen LogP contribution in [0.25, 0.3) is 0 Å². The first-order chi connectivity index (χ1) is 3.56. The molecule has 0 aromatic rings. The zero-order chi connectivity index (χ0) is 6.62. The van der Waals surface area contributed by atoms with Crippen molar-refractivity contribution >= 4 is 21.9 Å². The predicted octanol–water partition coefficient (Wildman–Crippen LogP) is -4.85. The second kappa shape index (κ2) is 12.6. The van der Waals surface area contributed by atoms with E-state index in [2.05, 4.69) is 30.6 Å². The van der Waals surface area contributed by atoms with Gasteiger partial charge >= 0.3 is 59.1 Å². The van der Waals surface area contributed by atoms with Crippen molar-refractivity contribution in [2.24, 2.45) is 0 Å². The van der Waals surface area contributed by atoms with Crippen LogP contribution in [0.15, 0.2) is 0 Å². The number of halogens is 1. The molecule has 0 aliphatic carbocycles. The summed E-state index contributed by atoms with van der Waals surface area (Å²) in [6.45, 7) is 1.87. The number of rotatable bonds is 3. The number of nitrogens with zero attached hydrogens (tertiary/aromatic N) is 1. The first kappa shape index (κ1) is 23.5. The van der Waals surface area contributed by atoms with Crippen LogP contribution in [0.5, 0.6) is 0 Å². The minimum atomic E-state index is 0. The topological polar surface area (TPSA) is 9.23 Å². The maximum atomic E-state index is 4.82. The molecule has 0 amide bonds. The summed E-state index contributed by atoms with van der Waals surface area (Å²) in [7, 11) is 8.68. The maximum Gasteiger partial charge on any atom is 1.00 e. The molecule has 0 aromatic carbocycles. The van der Waals surface area contributed by atoms with Crippen molar-refractivity contribution in [2.45, 2.75) is 0 Å². The molecule has 0 rings (SSSR count). The molecule has 0 heterocycles. The first-order valence-electron chi connectivity index (χ1n) is 2.68. The van der Waals surface area contributed by atoms with Gasteiger partial charge in [0, 0.05) is 9.47 Å². The van der Waals surface area contributed by atoms with Gasteiger partial charge in [0.05, 0.1) is 27.7 Å². The Hall–Kier alpha value is 2.64. The molecule has 11 heavy (non-hydrogen) atoms. The molecule has 0 fully saturated rings. The zero-order valence-electron chi connectivity index (χ0n) is 10.3. The third-order valence-electron chi connectivity index (χ3n) is 0.880. The van der Waals surface area contributed by atoms with E-state index in [4.69, 9.17) is 4.52 Å². The van der Waals surface area contributed by atoms with Crippen LogP contribution in [0.1, 0.15) is 2.85 Å². The average Bonchev–Trinajstić information content (AvgIpc) is 1.59. The molecule has 0 spiro atoms. The molecular formula is C5H18ClNNa2OP+. The summed E-state index contributed by atoms with van der Waals surface area (Å²) in [6, 6.07) is 0. The Bertz CT molecular complexity index is 80.0. The standard InChI is InChI=1S/C5H15NOP.ClH.2Na.2H/c1-6(2,3)4-5-7-8;;;;;/h4-5,8H2,1-3H3;1H;;;;/q+1;;2*+1;2*-1. The van der Waals surface area contributed by atoms with Crippen molar-refractivity contribution in [1.82, 2.24) is 0 Å². The zero-order valence-corrected chi connectivity index (χ0v) is 14.2. The van der Waals surface area contributed by atoms with E-state index < -0.39 is 0 Å². The summed E-state index contributed by atoms with van der Waals surface area (Å²) in [4.78, 5) is 0. The molecule has 0 aromatic heterocycles. The summed E-state index contributed by atoms with van der Waals surface area (Å²) in [5.74, 6) is 0. The molecule has 0 saturated heterocycles. The third-order valence-corrected chi connectivity index (χ3v) is 1.12. The smallest absolute Gasteiger partial charge is 1.00 e. The molecule has 0 radical (unpaired) electrons. The van der Waals surface area contributed by atoms with Crippen LogP contribution in [-0.4, -0.2) is 38.8 Å². The van der Waals surface area contributed by atoms with E-state index in [9.17, 15) is 0 Å². The van der Waals surface area contributed by atoms with Gasteiger partial charge in [0.25, 0.3) is 0 Å². The Balaban J connectivity index is -0.0000000245. The minimum absolute atomic E-state index is 0. The van der Waals surface area contributed by atoms with Crippen LogP contribution in [-0.2, 0) is 4.52 Å². The van der Waals surface area contributed by atoms with Gasteiger partial charge in [0.1, 0.15) is 6.54 Å². The van der Waals surface area contributed by atoms with Crippen molar-refractivity contribution < 1.29 is 71.0 Å². The summed E-state index contributed by atoms with van der Waals surface area (Å²) in [5.41, 5.74) is 0. The summed E-state index contributed by atoms with van der Waals surface area (Å²) in [6.07, 6.45) is 0. The van der Waals surface area contributed by atoms with Crippen molar-refractivity contribution in [2.75, 3.05) is 34.3 Å². The Labute approximate surface area is 126 Å². The van der Waals surface area contributed by atoms with Gasteiger partial charge in [-0.3, -0.25) is 0 Å². The number of likely N-dealkylation sites (N-methyl/N-ethyl adjacent to an activating group) is 1. The largest absolute Gasteiger partial charge is 1.00 e. The van der Waals surface area contributed by atoms with Crippen LogP contribution in [0.4, 0.5) is 0 Å². The van der Waals surface area contributed by atoms with Gasteiger partial charge in [-0.2, -0.15) is 0 Å². The monoisotopic (exact) mass is 220 g/mol. The third kappa shape index (κ3) is 24.5. The van der Waals surface area contributed by atoms with Crippen molar-refractivity contribution in [3.63, 3.8) is 0 Å². The van der Waals surface area contributed by atoms with E-state index in [0.717, 1.165) is 17.6 Å². The molecule has 0 N–H and O–H groups in total. The van der Waals surface area contributed by atoms with E-state index in [0.29, 0.717) is 0 Å². The van der Waals surface area contributed by atoms with Gasteiger partial charge in [0.15, 0.2) is 0 Å². The molecule has 0 aliphatic rings. The fourth-order valence-electron chi connectivity index (χ4n) is 0.327. The molecule has 1 atom stereocenters. The molecule has 62 valence electrons. The summed E-state index contributed by atoms with van der Waals surface area (Å²) < 4.78 is 5.79. The molecule has 0 saturated carbocycles. The second-order valence-electron chi connectivity index (χ2n) is 2.88. The second-order valence-corrected chi connectivity index (χ2v) is 3.22. The first-order valence-corrected chi connectivity index (χ1v) is 3.15. The minimum Gasteiger partial charge on any atom is -1.00 e. The van der Waals surface area contributed by atoms with Crippen molar-refractivity contribution in [3.8, 4) is 0 Å². The Morgan fingerprint density at radius 1 is 1.27 bits per heavy atom. The van der Waals surface area contributed by atoms with E-state index in [-0.39, 0.29) is 74.4 Å². The predicted molar refractivity (Wildman–Crippen MR) is 48.0 cm³/mol. The van der Waals surface area contributed by atoms with E-state index >= 15 is 0 Å². The quantitative estimate of drug-likeness (QED) is 0.263. The number of hydrogen-bond acceptors (Lipinski definition) is 1. The molecule has 0 bridgehead atoms. The Morgan fingerprint density at radius 2 is 1.64 bits per heavy atom. The fourth-order valence-corrected chi connectivity index (χ4v) is 0.432. The summed E-state index contributed by atoms with van der Waals surface area (Å²) >= 11 is 0. The molecule has 6 heteroatoms. The van der Waals surface area contributed by atoms with Gasteiger partial charge in [-0.05, 0) is 0 Å². The normalized spacial score (nSPS) is 8.73. The Kier molecular flexibility index (Phi) is 26.9. The molecular weight excluding hydrogens is 202 g/mol. The van der Waals surface area contributed by atoms with Crippen LogP contribution < -0.4 is 59.1 Å². The Morgan fingerprint density at radius 3 is 1.73 bits per heavy atom. The SMILES string of the molecule is C[N+](C)(C)CCOP.Cl.[H-].[H-].[Na+].[Na+]. The van der Waals surface area contributed by atoms with Crippen LogP contribution >= 0.6 is 21.9 Å². The number of quaternary nitrogens is 1. The number of hydrogen-bond donors (Lipinski definition) is 0. The van der Waals surface area contributed by atoms with Gasteiger partial charge in [-0.1, -0.05) is 0 Å². The van der Waals surface area contributed by atoms with E-state index in [1.54, 1.807) is 0 Å². The van der Waals surface area contributed by atoms with Gasteiger partial charge < -0.3 is 11.9 Å². The van der Waals surface area contributed by atoms with Gasteiger partial charge in [0.2, 0.25) is 0 Å². The maximum absolute atomic E-state index is 4.82. The molecule has 0 aliphatic heterocycles. The van der Waals surface area contributed by atoms with Crippen molar-refractivity contribution in [1.29, 1.82) is 0 Å². The average molecular weight is 221 g/mol. The summed E-state index contributed by atoms with van der Waals surface area (Å²) in [5, 5.41) is 0. The van der Waals surface area contributed by atoms with E-state index in [1.807, 2.05) is 0 Å². The van der Waals surface area contributed by atoms with Gasteiger partial charge in [-0.25, -0.2) is 0 Å². The van der Waals surface area contributed by atoms with Crippen molar-refractivity contribution in [3.05, 3.63) is 0 Å². The van der Waals surface area contributed by atoms with Crippen LogP contribution in [0.3, 0.4) is 0 Å². The molecule has 2 nitrogen and oxygen atoms in total. The van der Waals surface area contributed by atoms with Crippen LogP contribution in [0.2, 0.25) is 0 Å².